The van der Waals surface area contributed by atoms with Crippen LogP contribution in [0.4, 0.5) is 4.39 Å². The van der Waals surface area contributed by atoms with Gasteiger partial charge in [-0.05, 0) is 53.5 Å². The van der Waals surface area contributed by atoms with Crippen molar-refractivity contribution in [1.82, 2.24) is 4.90 Å². The second-order valence-electron chi connectivity index (χ2n) is 9.10. The van der Waals surface area contributed by atoms with E-state index < -0.39 is 0 Å². The first kappa shape index (κ1) is 21.4. The molecule has 172 valence electrons. The lowest BCUT2D eigenvalue weighted by Gasteiger charge is -2.33. The molecule has 0 radical (unpaired) electrons. The maximum absolute atomic E-state index is 14.5. The summed E-state index contributed by atoms with van der Waals surface area (Å²) in [6.07, 6.45) is 0. The van der Waals surface area contributed by atoms with Gasteiger partial charge >= 0.3 is 0 Å². The minimum Gasteiger partial charge on any atom is -0.488 e. The van der Waals surface area contributed by atoms with E-state index in [0.717, 1.165) is 33.4 Å². The van der Waals surface area contributed by atoms with Crippen LogP contribution in [-0.2, 0) is 6.54 Å². The average molecular weight is 462 g/mol. The molecule has 2 heterocycles. The van der Waals surface area contributed by atoms with Gasteiger partial charge in [-0.1, -0.05) is 78.4 Å². The number of carbonyl (C=O) groups excluding carboxylic acids is 1. The van der Waals surface area contributed by atoms with Gasteiger partial charge in [0.2, 0.25) is 0 Å². The Labute approximate surface area is 204 Å². The first-order chi connectivity index (χ1) is 17.1. The molecular formula is C31H24FNO2. The van der Waals surface area contributed by atoms with E-state index in [2.05, 4.69) is 24.3 Å². The van der Waals surface area contributed by atoms with Gasteiger partial charge in [-0.25, -0.2) is 4.39 Å². The summed E-state index contributed by atoms with van der Waals surface area (Å²) in [6.45, 7) is 2.84. The first-order valence-corrected chi connectivity index (χ1v) is 11.8. The predicted octanol–water partition coefficient (Wildman–Crippen LogP) is 6.73. The molecule has 0 bridgehead atoms. The SMILES string of the molecule is Cc1ccc(C2=C([C@H]3c4ccccc4C(=O)N3Cc3ccccc3)COc3ccc(F)cc32)cc1. The quantitative estimate of drug-likeness (QED) is 0.337. The average Bonchev–Trinajstić information content (AvgIpc) is 3.16. The standard InChI is InChI=1S/C31H24FNO2/c1-20-11-13-22(14-12-20)29-26-17-23(32)15-16-28(26)35-19-27(29)30-24-9-5-6-10-25(24)31(34)33(30)18-21-7-3-2-4-8-21/h2-17,30H,18-19H2,1H3/t30-/m1/s1. The summed E-state index contributed by atoms with van der Waals surface area (Å²) in [5, 5.41) is 0. The second-order valence-corrected chi connectivity index (χ2v) is 9.10. The van der Waals surface area contributed by atoms with E-state index in [1.165, 1.54) is 12.1 Å². The van der Waals surface area contributed by atoms with Crippen molar-refractivity contribution in [3.05, 3.63) is 142 Å². The van der Waals surface area contributed by atoms with E-state index in [-0.39, 0.29) is 17.8 Å². The summed E-state index contributed by atoms with van der Waals surface area (Å²) >= 11 is 0. The molecule has 0 spiro atoms. The first-order valence-electron chi connectivity index (χ1n) is 11.8. The van der Waals surface area contributed by atoms with E-state index in [0.29, 0.717) is 30.0 Å². The minimum absolute atomic E-state index is 0.00440. The molecule has 0 aromatic heterocycles. The van der Waals surface area contributed by atoms with Crippen molar-refractivity contribution >= 4 is 11.5 Å². The smallest absolute Gasteiger partial charge is 0.255 e. The minimum atomic E-state index is -0.317. The van der Waals surface area contributed by atoms with Gasteiger partial charge in [0.25, 0.3) is 5.91 Å². The fourth-order valence-electron chi connectivity index (χ4n) is 5.19. The van der Waals surface area contributed by atoms with Crippen LogP contribution in [0.15, 0.2) is 103 Å². The molecule has 0 fully saturated rings. The van der Waals surface area contributed by atoms with Crippen LogP contribution in [0.1, 0.15) is 44.2 Å². The molecule has 0 unspecified atom stereocenters. The van der Waals surface area contributed by atoms with Gasteiger partial charge in [-0.15, -0.1) is 0 Å². The maximum Gasteiger partial charge on any atom is 0.255 e. The van der Waals surface area contributed by atoms with E-state index >= 15 is 0 Å². The van der Waals surface area contributed by atoms with Crippen molar-refractivity contribution in [2.45, 2.75) is 19.5 Å². The summed E-state index contributed by atoms with van der Waals surface area (Å²) in [5.74, 6) is 0.329. The predicted molar refractivity (Wildman–Crippen MR) is 135 cm³/mol. The molecular weight excluding hydrogens is 437 g/mol. The Balaban J connectivity index is 1.59. The van der Waals surface area contributed by atoms with Gasteiger partial charge in [0.15, 0.2) is 0 Å². The zero-order valence-corrected chi connectivity index (χ0v) is 19.4. The Bertz CT molecular complexity index is 1460. The molecule has 35 heavy (non-hydrogen) atoms. The lowest BCUT2D eigenvalue weighted by atomic mass is 9.85. The number of rotatable bonds is 4. The van der Waals surface area contributed by atoms with Crippen LogP contribution < -0.4 is 4.74 Å². The number of ether oxygens (including phenoxy) is 1. The summed E-state index contributed by atoms with van der Waals surface area (Å²) < 4.78 is 20.6. The fourth-order valence-corrected chi connectivity index (χ4v) is 5.19. The number of halogens is 1. The Hall–Kier alpha value is -4.18. The van der Waals surface area contributed by atoms with Gasteiger partial charge in [-0.2, -0.15) is 0 Å². The highest BCUT2D eigenvalue weighted by Gasteiger charge is 2.41. The zero-order chi connectivity index (χ0) is 23.9. The molecule has 1 amide bonds. The van der Waals surface area contributed by atoms with Crippen molar-refractivity contribution in [3.63, 3.8) is 0 Å². The van der Waals surface area contributed by atoms with Crippen molar-refractivity contribution in [2.24, 2.45) is 0 Å². The van der Waals surface area contributed by atoms with E-state index in [4.69, 9.17) is 4.74 Å². The Kier molecular flexibility index (Phi) is 5.22. The van der Waals surface area contributed by atoms with Crippen LogP contribution in [0.5, 0.6) is 5.75 Å². The lowest BCUT2D eigenvalue weighted by Crippen LogP contribution is -2.31. The van der Waals surface area contributed by atoms with Crippen LogP contribution in [0.3, 0.4) is 0 Å². The van der Waals surface area contributed by atoms with Crippen molar-refractivity contribution in [3.8, 4) is 5.75 Å². The largest absolute Gasteiger partial charge is 0.488 e. The van der Waals surface area contributed by atoms with E-state index in [1.807, 2.05) is 66.4 Å². The number of fused-ring (bicyclic) bond motifs is 2. The number of hydrogen-bond donors (Lipinski definition) is 0. The van der Waals surface area contributed by atoms with Crippen LogP contribution in [0, 0.1) is 12.7 Å². The molecule has 2 aliphatic heterocycles. The van der Waals surface area contributed by atoms with Crippen LogP contribution in [-0.4, -0.2) is 17.4 Å². The normalized spacial score (nSPS) is 16.7. The molecule has 0 saturated heterocycles. The third kappa shape index (κ3) is 3.71. The molecule has 6 rings (SSSR count). The van der Waals surface area contributed by atoms with Gasteiger partial charge in [0.05, 0.1) is 6.04 Å². The van der Waals surface area contributed by atoms with Gasteiger partial charge in [-0.3, -0.25) is 4.79 Å². The number of aryl methyl sites for hydroxylation is 1. The fraction of sp³-hybridized carbons (Fsp3) is 0.129. The summed E-state index contributed by atoms with van der Waals surface area (Å²) in [5.41, 5.74) is 7.45. The van der Waals surface area contributed by atoms with Crippen LogP contribution in [0.2, 0.25) is 0 Å². The molecule has 4 aromatic rings. The summed E-state index contributed by atoms with van der Waals surface area (Å²) in [4.78, 5) is 15.6. The highest BCUT2D eigenvalue weighted by atomic mass is 19.1. The summed E-state index contributed by atoms with van der Waals surface area (Å²) in [7, 11) is 0. The van der Waals surface area contributed by atoms with Gasteiger partial charge in [0.1, 0.15) is 18.2 Å². The Morgan fingerprint density at radius 2 is 1.63 bits per heavy atom. The highest BCUT2D eigenvalue weighted by Crippen LogP contribution is 2.47. The number of amides is 1. The molecule has 4 heteroatoms. The van der Waals surface area contributed by atoms with Gasteiger partial charge < -0.3 is 9.64 Å². The molecule has 0 N–H and O–H groups in total. The molecule has 2 aliphatic rings. The van der Waals surface area contributed by atoms with Crippen LogP contribution >= 0.6 is 0 Å². The van der Waals surface area contributed by atoms with Crippen molar-refractivity contribution in [1.29, 1.82) is 0 Å². The monoisotopic (exact) mass is 461 g/mol. The second kappa shape index (κ2) is 8.55. The van der Waals surface area contributed by atoms with E-state index in [9.17, 15) is 9.18 Å². The third-order valence-electron chi connectivity index (χ3n) is 6.84. The molecule has 0 aliphatic carbocycles. The molecule has 0 saturated carbocycles. The van der Waals surface area contributed by atoms with Crippen LogP contribution in [0.25, 0.3) is 5.57 Å². The zero-order valence-electron chi connectivity index (χ0n) is 19.4. The molecule has 3 nitrogen and oxygen atoms in total. The lowest BCUT2D eigenvalue weighted by molar-refractivity contribution is 0.0727. The number of hydrogen-bond acceptors (Lipinski definition) is 2. The number of nitrogens with zero attached hydrogens (tertiary/aromatic N) is 1. The van der Waals surface area contributed by atoms with Gasteiger partial charge in [0, 0.05) is 23.2 Å². The highest BCUT2D eigenvalue weighted by molar-refractivity contribution is 6.00. The maximum atomic E-state index is 14.5. The number of benzene rings is 4. The molecule has 1 atom stereocenters. The Morgan fingerprint density at radius 3 is 2.43 bits per heavy atom. The summed E-state index contributed by atoms with van der Waals surface area (Å²) in [6, 6.07) is 30.4. The molecule has 4 aromatic carbocycles. The number of carbonyl (C=O) groups is 1. The Morgan fingerprint density at radius 1 is 0.886 bits per heavy atom. The van der Waals surface area contributed by atoms with Crippen molar-refractivity contribution < 1.29 is 13.9 Å². The topological polar surface area (TPSA) is 29.5 Å². The van der Waals surface area contributed by atoms with E-state index in [1.54, 1.807) is 6.07 Å². The third-order valence-corrected chi connectivity index (χ3v) is 6.84. The van der Waals surface area contributed by atoms with Crippen molar-refractivity contribution in [2.75, 3.05) is 6.61 Å².